The van der Waals surface area contributed by atoms with Crippen molar-refractivity contribution >= 4 is 46.5 Å². The molecule has 0 aromatic heterocycles. The van der Waals surface area contributed by atoms with Crippen LogP contribution in [0.1, 0.15) is 25.7 Å². The molecule has 0 radical (unpaired) electrons. The quantitative estimate of drug-likeness (QED) is 0.463. The average molecular weight is 528 g/mol. The Labute approximate surface area is 215 Å². The molecule has 6 nitrogen and oxygen atoms in total. The van der Waals surface area contributed by atoms with Crippen LogP contribution in [0.25, 0.3) is 0 Å². The second kappa shape index (κ2) is 11.7. The number of rotatable bonds is 8. The second-order valence-electron chi connectivity index (χ2n) is 8.92. The molecule has 2 aromatic rings. The first-order valence-corrected chi connectivity index (χ1v) is 12.7. The van der Waals surface area contributed by atoms with E-state index in [0.717, 1.165) is 69.8 Å². The van der Waals surface area contributed by atoms with E-state index in [2.05, 4.69) is 9.80 Å². The molecule has 0 amide bonds. The minimum atomic E-state index is -0.995. The van der Waals surface area contributed by atoms with Gasteiger partial charge in [0.2, 0.25) is 0 Å². The van der Waals surface area contributed by atoms with Gasteiger partial charge in [-0.3, -0.25) is 0 Å². The van der Waals surface area contributed by atoms with Crippen molar-refractivity contribution in [3.05, 3.63) is 51.5 Å². The van der Waals surface area contributed by atoms with Gasteiger partial charge in [0.05, 0.1) is 15.7 Å². The van der Waals surface area contributed by atoms with E-state index < -0.39 is 5.97 Å². The SMILES string of the molecule is O=C(O)COc1ccc(Cl)cc1N1CCC(CN2CCC(Oc3ccc(Cl)c(Cl)c3)CC2)CC1. The summed E-state index contributed by atoms with van der Waals surface area (Å²) in [5, 5.41) is 10.6. The highest BCUT2D eigenvalue weighted by molar-refractivity contribution is 6.42. The van der Waals surface area contributed by atoms with Crippen LogP contribution in [0, 0.1) is 5.92 Å². The standard InChI is InChI=1S/C25H29Cl3N2O4/c26-18-1-4-24(33-16-25(31)32)23(13-18)30-11-5-17(6-12-30)15-29-9-7-19(8-10-29)34-20-2-3-21(27)22(28)14-20/h1-4,13-14,17,19H,5-12,15-16H2,(H,31,32). The monoisotopic (exact) mass is 526 g/mol. The van der Waals surface area contributed by atoms with E-state index in [0.29, 0.717) is 26.7 Å². The maximum Gasteiger partial charge on any atom is 0.341 e. The minimum absolute atomic E-state index is 0.197. The van der Waals surface area contributed by atoms with Crippen LogP contribution in [0.15, 0.2) is 36.4 Å². The number of nitrogens with zero attached hydrogens (tertiary/aromatic N) is 2. The van der Waals surface area contributed by atoms with Crippen molar-refractivity contribution in [3.63, 3.8) is 0 Å². The van der Waals surface area contributed by atoms with Crippen LogP contribution in [-0.2, 0) is 4.79 Å². The predicted molar refractivity (Wildman–Crippen MR) is 136 cm³/mol. The Morgan fingerprint density at radius 3 is 2.35 bits per heavy atom. The van der Waals surface area contributed by atoms with Gasteiger partial charge in [-0.05, 0) is 61.9 Å². The van der Waals surface area contributed by atoms with Gasteiger partial charge in [-0.1, -0.05) is 34.8 Å². The molecule has 0 bridgehead atoms. The lowest BCUT2D eigenvalue weighted by Gasteiger charge is -2.38. The second-order valence-corrected chi connectivity index (χ2v) is 10.2. The van der Waals surface area contributed by atoms with E-state index in [9.17, 15) is 4.79 Å². The van der Waals surface area contributed by atoms with Crippen LogP contribution < -0.4 is 14.4 Å². The van der Waals surface area contributed by atoms with E-state index in [1.807, 2.05) is 12.1 Å². The minimum Gasteiger partial charge on any atom is -0.490 e. The van der Waals surface area contributed by atoms with Gasteiger partial charge in [0.25, 0.3) is 0 Å². The number of aliphatic carboxylic acids is 1. The number of halogens is 3. The third kappa shape index (κ3) is 6.85. The molecule has 2 heterocycles. The zero-order valence-electron chi connectivity index (χ0n) is 18.9. The zero-order valence-corrected chi connectivity index (χ0v) is 21.2. The smallest absolute Gasteiger partial charge is 0.341 e. The number of carboxylic acid groups (broad SMARTS) is 1. The van der Waals surface area contributed by atoms with Crippen molar-refractivity contribution in [1.82, 2.24) is 4.90 Å². The Bertz CT molecular complexity index is 990. The summed E-state index contributed by atoms with van der Waals surface area (Å²) >= 11 is 18.3. The molecule has 2 fully saturated rings. The van der Waals surface area contributed by atoms with E-state index in [-0.39, 0.29) is 12.7 Å². The van der Waals surface area contributed by atoms with E-state index >= 15 is 0 Å². The molecule has 0 unspecified atom stereocenters. The topological polar surface area (TPSA) is 62.2 Å². The van der Waals surface area contributed by atoms with Crippen LogP contribution in [-0.4, -0.2) is 61.4 Å². The Balaban J connectivity index is 1.23. The van der Waals surface area contributed by atoms with Crippen LogP contribution >= 0.6 is 34.8 Å². The molecule has 2 saturated heterocycles. The lowest BCUT2D eigenvalue weighted by Crippen LogP contribution is -2.43. The summed E-state index contributed by atoms with van der Waals surface area (Å²) in [7, 11) is 0. The molecule has 2 aliphatic heterocycles. The Kier molecular flexibility index (Phi) is 8.70. The number of carboxylic acids is 1. The summed E-state index contributed by atoms with van der Waals surface area (Å²) in [5.41, 5.74) is 0.868. The molecule has 2 aliphatic rings. The molecule has 0 aliphatic carbocycles. The number of carbonyl (C=O) groups is 1. The van der Waals surface area contributed by atoms with Gasteiger partial charge in [0.15, 0.2) is 6.61 Å². The molecule has 0 atom stereocenters. The van der Waals surface area contributed by atoms with Gasteiger partial charge in [-0.15, -0.1) is 0 Å². The highest BCUT2D eigenvalue weighted by Gasteiger charge is 2.26. The molecular formula is C25H29Cl3N2O4. The van der Waals surface area contributed by atoms with Crippen molar-refractivity contribution in [3.8, 4) is 11.5 Å². The number of hydrogen-bond donors (Lipinski definition) is 1. The first-order chi connectivity index (χ1) is 16.4. The molecule has 2 aromatic carbocycles. The van der Waals surface area contributed by atoms with Gasteiger partial charge in [-0.2, -0.15) is 0 Å². The normalized spacial score (nSPS) is 18.1. The lowest BCUT2D eigenvalue weighted by atomic mass is 9.94. The maximum atomic E-state index is 10.9. The molecule has 184 valence electrons. The molecule has 0 saturated carbocycles. The van der Waals surface area contributed by atoms with Crippen molar-refractivity contribution < 1.29 is 19.4 Å². The van der Waals surface area contributed by atoms with Gasteiger partial charge < -0.3 is 24.4 Å². The molecule has 0 spiro atoms. The summed E-state index contributed by atoms with van der Waals surface area (Å²) in [6.45, 7) is 4.55. The fourth-order valence-corrected chi connectivity index (χ4v) is 5.13. The average Bonchev–Trinajstić information content (AvgIpc) is 2.82. The number of ether oxygens (including phenoxy) is 2. The van der Waals surface area contributed by atoms with Crippen LogP contribution in [0.5, 0.6) is 11.5 Å². The van der Waals surface area contributed by atoms with Gasteiger partial charge in [0, 0.05) is 43.8 Å². The molecule has 4 rings (SSSR count). The predicted octanol–water partition coefficient (Wildman–Crippen LogP) is 5.87. The van der Waals surface area contributed by atoms with Crippen LogP contribution in [0.2, 0.25) is 15.1 Å². The fourth-order valence-electron chi connectivity index (χ4n) is 4.67. The summed E-state index contributed by atoms with van der Waals surface area (Å²) in [6, 6.07) is 10.7. The lowest BCUT2D eigenvalue weighted by molar-refractivity contribution is -0.139. The van der Waals surface area contributed by atoms with Crippen molar-refractivity contribution in [2.45, 2.75) is 31.8 Å². The first kappa shape index (κ1) is 25.2. The number of anilines is 1. The van der Waals surface area contributed by atoms with E-state index in [1.165, 1.54) is 0 Å². The Hall–Kier alpha value is -1.86. The summed E-state index contributed by atoms with van der Waals surface area (Å²) in [4.78, 5) is 15.7. The number of likely N-dealkylation sites (tertiary alicyclic amines) is 1. The third-order valence-electron chi connectivity index (χ3n) is 6.47. The van der Waals surface area contributed by atoms with Gasteiger partial charge in [0.1, 0.15) is 17.6 Å². The zero-order chi connectivity index (χ0) is 24.1. The van der Waals surface area contributed by atoms with Crippen molar-refractivity contribution in [1.29, 1.82) is 0 Å². The summed E-state index contributed by atoms with van der Waals surface area (Å²) in [5.74, 6) is 0.972. The summed E-state index contributed by atoms with van der Waals surface area (Å²) < 4.78 is 11.6. The third-order valence-corrected chi connectivity index (χ3v) is 7.45. The largest absolute Gasteiger partial charge is 0.490 e. The molecular weight excluding hydrogens is 499 g/mol. The molecule has 9 heteroatoms. The van der Waals surface area contributed by atoms with E-state index in [1.54, 1.807) is 24.3 Å². The van der Waals surface area contributed by atoms with E-state index in [4.69, 9.17) is 49.4 Å². The summed E-state index contributed by atoms with van der Waals surface area (Å²) in [6.07, 6.45) is 4.33. The molecule has 34 heavy (non-hydrogen) atoms. The first-order valence-electron chi connectivity index (χ1n) is 11.6. The number of benzene rings is 2. The highest BCUT2D eigenvalue weighted by atomic mass is 35.5. The van der Waals surface area contributed by atoms with Crippen LogP contribution in [0.4, 0.5) is 5.69 Å². The maximum absolute atomic E-state index is 10.9. The Morgan fingerprint density at radius 2 is 1.68 bits per heavy atom. The molecule has 1 N–H and O–H groups in total. The number of hydrogen-bond acceptors (Lipinski definition) is 5. The highest BCUT2D eigenvalue weighted by Crippen LogP contribution is 2.35. The van der Waals surface area contributed by atoms with Crippen molar-refractivity contribution in [2.75, 3.05) is 44.2 Å². The van der Waals surface area contributed by atoms with Gasteiger partial charge >= 0.3 is 5.97 Å². The van der Waals surface area contributed by atoms with Crippen LogP contribution in [0.3, 0.4) is 0 Å². The Morgan fingerprint density at radius 1 is 0.941 bits per heavy atom. The van der Waals surface area contributed by atoms with Gasteiger partial charge in [-0.25, -0.2) is 4.79 Å². The fraction of sp³-hybridized carbons (Fsp3) is 0.480. The van der Waals surface area contributed by atoms with Crippen molar-refractivity contribution in [2.24, 2.45) is 5.92 Å². The number of piperidine rings is 2.